The molecule has 0 atom stereocenters. The molecule has 0 saturated heterocycles. The lowest BCUT2D eigenvalue weighted by Gasteiger charge is -2.10. The standard InChI is InChI=1S/C10H14S.C7H5F3O3S/c1-8(2)7-9-3-5-10(11)6-4-9;8-7(9,10)5-2-1-3-6(4-5)14(11,12)13/h3-6,8,11H,7H2,1-2H3;1-4H,(H,11,12,13). The SMILES string of the molecule is CC(C)Cc1ccc([SH2+])cc1.O=S(=O)([O-])c1cccc(C(F)(F)F)c1. The van der Waals surface area contributed by atoms with E-state index in [1.54, 1.807) is 0 Å². The van der Waals surface area contributed by atoms with E-state index in [1.165, 1.54) is 12.0 Å². The van der Waals surface area contributed by atoms with Crippen LogP contribution in [0.1, 0.15) is 25.0 Å². The lowest BCUT2D eigenvalue weighted by atomic mass is 10.0. The summed E-state index contributed by atoms with van der Waals surface area (Å²) in [4.78, 5) is 0.268. The van der Waals surface area contributed by atoms with Gasteiger partial charge in [0, 0.05) is 0 Å². The maximum atomic E-state index is 12.1. The molecule has 3 nitrogen and oxygen atoms in total. The van der Waals surface area contributed by atoms with Crippen molar-refractivity contribution in [3.8, 4) is 0 Å². The third kappa shape index (κ3) is 7.94. The Kier molecular flexibility index (Phi) is 7.52. The van der Waals surface area contributed by atoms with Gasteiger partial charge >= 0.3 is 6.18 Å². The van der Waals surface area contributed by atoms with Crippen LogP contribution in [0.3, 0.4) is 0 Å². The molecule has 2 aromatic carbocycles. The van der Waals surface area contributed by atoms with E-state index in [0.29, 0.717) is 12.1 Å². The quantitative estimate of drug-likeness (QED) is 0.589. The molecule has 2 rings (SSSR count). The van der Waals surface area contributed by atoms with Gasteiger partial charge in [-0.3, -0.25) is 0 Å². The monoisotopic (exact) mass is 392 g/mol. The Morgan fingerprint density at radius 2 is 1.64 bits per heavy atom. The van der Waals surface area contributed by atoms with E-state index in [9.17, 15) is 26.1 Å². The van der Waals surface area contributed by atoms with Crippen molar-refractivity contribution in [1.29, 1.82) is 0 Å². The molecule has 0 N–H and O–H groups in total. The predicted octanol–water partition coefficient (Wildman–Crippen LogP) is 3.87. The highest BCUT2D eigenvalue weighted by molar-refractivity contribution is 7.85. The second-order valence-electron chi connectivity index (χ2n) is 5.77. The van der Waals surface area contributed by atoms with Gasteiger partial charge in [-0.1, -0.05) is 32.0 Å². The van der Waals surface area contributed by atoms with Crippen molar-refractivity contribution in [3.05, 3.63) is 59.7 Å². The number of hydrogen-bond acceptors (Lipinski definition) is 3. The van der Waals surface area contributed by atoms with Crippen molar-refractivity contribution in [1.82, 2.24) is 0 Å². The van der Waals surface area contributed by atoms with Gasteiger partial charge in [0.2, 0.25) is 0 Å². The van der Waals surface area contributed by atoms with Crippen LogP contribution in [-0.2, 0) is 35.3 Å². The highest BCUT2D eigenvalue weighted by Gasteiger charge is 2.30. The number of halogens is 3. The summed E-state index contributed by atoms with van der Waals surface area (Å²) in [6, 6.07) is 11.2. The van der Waals surface area contributed by atoms with Gasteiger partial charge < -0.3 is 4.55 Å². The van der Waals surface area contributed by atoms with Crippen LogP contribution in [-0.4, -0.2) is 13.0 Å². The first-order valence-electron chi connectivity index (χ1n) is 7.33. The topological polar surface area (TPSA) is 57.2 Å². The third-order valence-corrected chi connectivity index (χ3v) is 4.21. The number of alkyl halides is 3. The zero-order valence-electron chi connectivity index (χ0n) is 13.7. The zero-order valence-corrected chi connectivity index (χ0v) is 15.5. The summed E-state index contributed by atoms with van der Waals surface area (Å²) in [6.45, 7) is 4.48. The van der Waals surface area contributed by atoms with Gasteiger partial charge in [0.15, 0.2) is 0 Å². The van der Waals surface area contributed by atoms with Crippen LogP contribution in [0.4, 0.5) is 13.2 Å². The van der Waals surface area contributed by atoms with Crippen LogP contribution in [0.15, 0.2) is 58.3 Å². The highest BCUT2D eigenvalue weighted by atomic mass is 32.2. The summed E-state index contributed by atoms with van der Waals surface area (Å²) in [5, 5.41) is 0. The Hall–Kier alpha value is -1.51. The van der Waals surface area contributed by atoms with E-state index in [0.717, 1.165) is 22.9 Å². The first-order chi connectivity index (χ1) is 11.4. The lowest BCUT2D eigenvalue weighted by molar-refractivity contribution is -0.137. The van der Waals surface area contributed by atoms with Crippen molar-refractivity contribution < 1.29 is 26.1 Å². The maximum Gasteiger partial charge on any atom is 0.416 e. The van der Waals surface area contributed by atoms with E-state index >= 15 is 0 Å². The summed E-state index contributed by atoms with van der Waals surface area (Å²) >= 11 is 3.46. The molecule has 0 amide bonds. The predicted molar refractivity (Wildman–Crippen MR) is 92.8 cm³/mol. The fourth-order valence-corrected chi connectivity index (χ4v) is 2.62. The molecule has 0 bridgehead atoms. The molecule has 0 unspecified atom stereocenters. The highest BCUT2D eigenvalue weighted by Crippen LogP contribution is 2.30. The summed E-state index contributed by atoms with van der Waals surface area (Å²) in [5.74, 6) is 0.746. The van der Waals surface area contributed by atoms with Crippen molar-refractivity contribution >= 4 is 22.7 Å². The summed E-state index contributed by atoms with van der Waals surface area (Å²) in [5.41, 5.74) is 0.261. The Balaban J connectivity index is 0.000000257. The summed E-state index contributed by atoms with van der Waals surface area (Å²) < 4.78 is 67.3. The van der Waals surface area contributed by atoms with Crippen LogP contribution >= 0.6 is 0 Å². The van der Waals surface area contributed by atoms with Gasteiger partial charge in [-0.15, -0.1) is 0 Å². The van der Waals surface area contributed by atoms with E-state index < -0.39 is 26.8 Å². The second kappa shape index (κ2) is 8.73. The average Bonchev–Trinajstić information content (AvgIpc) is 2.48. The molecular formula is C17H19F3O3S2. The average molecular weight is 392 g/mol. The van der Waals surface area contributed by atoms with Crippen molar-refractivity contribution in [3.63, 3.8) is 0 Å². The largest absolute Gasteiger partial charge is 0.744 e. The fraction of sp³-hybridized carbons (Fsp3) is 0.294. The Morgan fingerprint density at radius 3 is 2.08 bits per heavy atom. The molecule has 0 aliphatic heterocycles. The van der Waals surface area contributed by atoms with Crippen LogP contribution in [0, 0.1) is 5.92 Å². The van der Waals surface area contributed by atoms with Crippen molar-refractivity contribution in [2.75, 3.05) is 0 Å². The van der Waals surface area contributed by atoms with Gasteiger partial charge in [0.1, 0.15) is 15.0 Å². The Labute approximate surface area is 151 Å². The van der Waals surface area contributed by atoms with Gasteiger partial charge in [0.25, 0.3) is 0 Å². The van der Waals surface area contributed by atoms with Crippen LogP contribution in [0.5, 0.6) is 0 Å². The molecule has 0 aliphatic rings. The van der Waals surface area contributed by atoms with Crippen molar-refractivity contribution in [2.45, 2.75) is 36.2 Å². The van der Waals surface area contributed by atoms with Crippen molar-refractivity contribution in [2.24, 2.45) is 5.92 Å². The number of rotatable bonds is 3. The Bertz CT molecular complexity index is 784. The van der Waals surface area contributed by atoms with Crippen LogP contribution in [0.25, 0.3) is 0 Å². The maximum absolute atomic E-state index is 12.1. The first-order valence-corrected chi connectivity index (χ1v) is 9.24. The molecule has 2 aromatic rings. The minimum atomic E-state index is -4.84. The minimum Gasteiger partial charge on any atom is -0.744 e. The normalized spacial score (nSPS) is 11.8. The van der Waals surface area contributed by atoms with Crippen LogP contribution < -0.4 is 0 Å². The van der Waals surface area contributed by atoms with Gasteiger partial charge in [-0.05, 0) is 60.9 Å². The fourth-order valence-electron chi connectivity index (χ4n) is 1.94. The zero-order chi connectivity index (χ0) is 19.3. The van der Waals surface area contributed by atoms with E-state index in [1.807, 2.05) is 0 Å². The molecule has 8 heteroatoms. The van der Waals surface area contributed by atoms with E-state index in [4.69, 9.17) is 0 Å². The Morgan fingerprint density at radius 1 is 1.08 bits per heavy atom. The van der Waals surface area contributed by atoms with Gasteiger partial charge in [0.05, 0.1) is 10.5 Å². The smallest absolute Gasteiger partial charge is 0.416 e. The molecule has 25 heavy (non-hydrogen) atoms. The molecule has 0 radical (unpaired) electrons. The van der Waals surface area contributed by atoms with Gasteiger partial charge in [-0.2, -0.15) is 13.2 Å². The first kappa shape index (κ1) is 21.5. The molecule has 0 spiro atoms. The second-order valence-corrected chi connectivity index (χ2v) is 7.73. The molecular weight excluding hydrogens is 373 g/mol. The summed E-state index contributed by atoms with van der Waals surface area (Å²) in [6.07, 6.45) is -3.48. The molecule has 0 aliphatic carbocycles. The molecule has 0 fully saturated rings. The minimum absolute atomic E-state index is 0.308. The van der Waals surface area contributed by atoms with E-state index in [2.05, 4.69) is 50.7 Å². The third-order valence-electron chi connectivity index (χ3n) is 3.05. The molecule has 0 saturated carbocycles. The molecule has 0 aromatic heterocycles. The molecule has 138 valence electrons. The lowest BCUT2D eigenvalue weighted by Crippen LogP contribution is -2.07. The number of benzene rings is 2. The summed E-state index contributed by atoms with van der Waals surface area (Å²) in [7, 11) is -4.84. The van der Waals surface area contributed by atoms with E-state index in [-0.39, 0.29) is 0 Å². The van der Waals surface area contributed by atoms with Gasteiger partial charge in [-0.25, -0.2) is 8.42 Å². The van der Waals surface area contributed by atoms with Crippen LogP contribution in [0.2, 0.25) is 0 Å². The number of hydrogen-bond donors (Lipinski definition) is 0. The molecule has 0 heterocycles.